The summed E-state index contributed by atoms with van der Waals surface area (Å²) in [7, 11) is 0. The normalized spacial score (nSPS) is 17.5. The highest BCUT2D eigenvalue weighted by atomic mass is 16.6. The van der Waals surface area contributed by atoms with Gasteiger partial charge in [-0.1, -0.05) is 5.21 Å². The van der Waals surface area contributed by atoms with Gasteiger partial charge in [0.25, 0.3) is 0 Å². The third-order valence-corrected chi connectivity index (χ3v) is 6.69. The molecule has 1 aliphatic carbocycles. The second-order valence-corrected chi connectivity index (χ2v) is 11.4. The first kappa shape index (κ1) is 27.1. The SMILES string of the molecule is CC(C)Nc1cc(-n2ncc3cc(C#N)cnc32)ncc1-n1cc(C2CCC(NC(=O)OC(C)(C)C)CC2)nn1. The van der Waals surface area contributed by atoms with Gasteiger partial charge in [-0.05, 0) is 66.4 Å². The average molecular weight is 543 g/mol. The van der Waals surface area contributed by atoms with Crippen LogP contribution in [0.4, 0.5) is 10.5 Å². The van der Waals surface area contributed by atoms with E-state index >= 15 is 0 Å². The predicted octanol–water partition coefficient (Wildman–Crippen LogP) is 4.64. The summed E-state index contributed by atoms with van der Waals surface area (Å²) in [4.78, 5) is 21.2. The molecule has 0 bridgehead atoms. The standard InChI is InChI=1S/C28H34N10O2/c1-17(2)33-22-11-25(38-26-20(14-32-38)10-18(12-29)13-31-26)30-15-24(22)37-16-23(35-36-37)19-6-8-21(9-7-19)34-27(39)40-28(3,4)5/h10-11,13-17,19,21H,6-9H2,1-5H3,(H,30,33)(H,34,39). The Morgan fingerprint density at radius 3 is 2.60 bits per heavy atom. The molecule has 12 heteroatoms. The maximum atomic E-state index is 12.1. The van der Waals surface area contributed by atoms with Crippen molar-refractivity contribution in [3.05, 3.63) is 48.2 Å². The van der Waals surface area contributed by atoms with Crippen LogP contribution in [0, 0.1) is 11.3 Å². The summed E-state index contributed by atoms with van der Waals surface area (Å²) in [6.07, 6.45) is 10.1. The van der Waals surface area contributed by atoms with E-state index in [2.05, 4.69) is 55.9 Å². The van der Waals surface area contributed by atoms with Gasteiger partial charge in [-0.3, -0.25) is 0 Å². The Morgan fingerprint density at radius 1 is 1.12 bits per heavy atom. The van der Waals surface area contributed by atoms with Crippen LogP contribution < -0.4 is 10.6 Å². The van der Waals surface area contributed by atoms with Crippen LogP contribution in [0.1, 0.15) is 77.5 Å². The van der Waals surface area contributed by atoms with E-state index < -0.39 is 5.60 Å². The lowest BCUT2D eigenvalue weighted by atomic mass is 9.84. The van der Waals surface area contributed by atoms with Crippen LogP contribution in [0.2, 0.25) is 0 Å². The van der Waals surface area contributed by atoms with E-state index in [4.69, 9.17) is 4.74 Å². The van der Waals surface area contributed by atoms with Crippen LogP contribution >= 0.6 is 0 Å². The monoisotopic (exact) mass is 542 g/mol. The summed E-state index contributed by atoms with van der Waals surface area (Å²) in [6, 6.07) is 6.03. The van der Waals surface area contributed by atoms with Gasteiger partial charge >= 0.3 is 6.09 Å². The molecular weight excluding hydrogens is 508 g/mol. The Labute approximate surface area is 232 Å². The number of fused-ring (bicyclic) bond motifs is 1. The number of amides is 1. The number of ether oxygens (including phenoxy) is 1. The molecule has 5 rings (SSSR count). The molecule has 12 nitrogen and oxygen atoms in total. The van der Waals surface area contributed by atoms with Gasteiger partial charge in [0.15, 0.2) is 11.5 Å². The third-order valence-electron chi connectivity index (χ3n) is 6.69. The predicted molar refractivity (Wildman–Crippen MR) is 149 cm³/mol. The molecule has 0 saturated heterocycles. The van der Waals surface area contributed by atoms with E-state index in [9.17, 15) is 10.1 Å². The van der Waals surface area contributed by atoms with E-state index in [1.807, 2.05) is 33.0 Å². The van der Waals surface area contributed by atoms with Gasteiger partial charge in [0, 0.05) is 35.7 Å². The van der Waals surface area contributed by atoms with Gasteiger partial charge in [-0.2, -0.15) is 15.0 Å². The molecule has 40 heavy (non-hydrogen) atoms. The number of rotatable bonds is 6. The van der Waals surface area contributed by atoms with Crippen molar-refractivity contribution in [1.29, 1.82) is 5.26 Å². The molecule has 1 fully saturated rings. The number of nitrogens with zero attached hydrogens (tertiary/aromatic N) is 8. The minimum absolute atomic E-state index is 0.0964. The molecule has 0 atom stereocenters. The summed E-state index contributed by atoms with van der Waals surface area (Å²) < 4.78 is 8.80. The zero-order chi connectivity index (χ0) is 28.4. The Morgan fingerprint density at radius 2 is 1.90 bits per heavy atom. The fourth-order valence-electron chi connectivity index (χ4n) is 4.90. The number of carbonyl (C=O) groups is 1. The maximum Gasteiger partial charge on any atom is 0.407 e. The lowest BCUT2D eigenvalue weighted by molar-refractivity contribution is 0.0491. The van der Waals surface area contributed by atoms with Gasteiger partial charge in [-0.15, -0.1) is 5.10 Å². The summed E-state index contributed by atoms with van der Waals surface area (Å²) in [5.41, 5.74) is 3.11. The number of hydrogen-bond donors (Lipinski definition) is 2. The molecule has 0 radical (unpaired) electrons. The lowest BCUT2D eigenvalue weighted by Gasteiger charge is -2.29. The molecule has 0 aromatic carbocycles. The molecule has 4 aromatic heterocycles. The molecule has 4 heterocycles. The number of aromatic nitrogens is 7. The third kappa shape index (κ3) is 6.03. The van der Waals surface area contributed by atoms with Gasteiger partial charge in [0.05, 0.1) is 35.5 Å². The van der Waals surface area contributed by atoms with Crippen LogP contribution in [0.3, 0.4) is 0 Å². The average Bonchev–Trinajstić information content (AvgIpc) is 3.55. The van der Waals surface area contributed by atoms with Crippen LogP contribution in [-0.2, 0) is 4.74 Å². The van der Waals surface area contributed by atoms with Gasteiger partial charge in [0.1, 0.15) is 17.4 Å². The smallest absolute Gasteiger partial charge is 0.407 e. The minimum atomic E-state index is -0.513. The first-order valence-corrected chi connectivity index (χ1v) is 13.5. The summed E-state index contributed by atoms with van der Waals surface area (Å²) in [5, 5.41) is 29.8. The van der Waals surface area contributed by atoms with E-state index in [0.29, 0.717) is 17.0 Å². The highest BCUT2D eigenvalue weighted by Crippen LogP contribution is 2.33. The number of anilines is 1. The summed E-state index contributed by atoms with van der Waals surface area (Å²) >= 11 is 0. The molecule has 1 saturated carbocycles. The Balaban J connectivity index is 1.33. The molecule has 0 spiro atoms. The number of nitrogens with one attached hydrogen (secondary N) is 2. The molecular formula is C28H34N10O2. The quantitative estimate of drug-likeness (QED) is 0.355. The van der Waals surface area contributed by atoms with Crippen LogP contribution in [0.5, 0.6) is 0 Å². The lowest BCUT2D eigenvalue weighted by Crippen LogP contribution is -2.40. The van der Waals surface area contributed by atoms with E-state index in [1.165, 1.54) is 6.20 Å². The molecule has 208 valence electrons. The minimum Gasteiger partial charge on any atom is -0.444 e. The van der Waals surface area contributed by atoms with Gasteiger partial charge in [0.2, 0.25) is 0 Å². The van der Waals surface area contributed by atoms with Crippen molar-refractivity contribution in [3.63, 3.8) is 0 Å². The van der Waals surface area contributed by atoms with Crippen LogP contribution in [0.15, 0.2) is 36.9 Å². The fraction of sp³-hybridized carbons (Fsp3) is 0.464. The molecule has 0 unspecified atom stereocenters. The van der Waals surface area contributed by atoms with Crippen molar-refractivity contribution >= 4 is 22.8 Å². The van der Waals surface area contributed by atoms with Crippen LogP contribution in [-0.4, -0.2) is 58.5 Å². The van der Waals surface area contributed by atoms with Crippen molar-refractivity contribution in [2.45, 2.75) is 83.9 Å². The van der Waals surface area contributed by atoms with E-state index in [0.717, 1.165) is 48.1 Å². The number of alkyl carbamates (subject to hydrolysis) is 1. The zero-order valence-corrected chi connectivity index (χ0v) is 23.4. The molecule has 1 aliphatic rings. The van der Waals surface area contributed by atoms with Crippen molar-refractivity contribution in [2.75, 3.05) is 5.32 Å². The Hall–Kier alpha value is -4.53. The van der Waals surface area contributed by atoms with Crippen molar-refractivity contribution in [1.82, 2.24) is 40.1 Å². The topological polar surface area (TPSA) is 148 Å². The number of nitriles is 1. The molecule has 1 amide bonds. The molecule has 4 aromatic rings. The van der Waals surface area contributed by atoms with Crippen molar-refractivity contribution in [3.8, 4) is 17.6 Å². The van der Waals surface area contributed by atoms with E-state index in [1.54, 1.807) is 27.8 Å². The largest absolute Gasteiger partial charge is 0.444 e. The van der Waals surface area contributed by atoms with Crippen molar-refractivity contribution in [2.24, 2.45) is 0 Å². The summed E-state index contributed by atoms with van der Waals surface area (Å²) in [6.45, 7) is 9.71. The van der Waals surface area contributed by atoms with E-state index in [-0.39, 0.29) is 24.1 Å². The molecule has 0 aliphatic heterocycles. The Bertz CT molecular complexity index is 1550. The fourth-order valence-corrected chi connectivity index (χ4v) is 4.90. The van der Waals surface area contributed by atoms with Crippen molar-refractivity contribution < 1.29 is 9.53 Å². The van der Waals surface area contributed by atoms with Gasteiger partial charge < -0.3 is 15.4 Å². The number of pyridine rings is 2. The second-order valence-electron chi connectivity index (χ2n) is 11.4. The molecule has 2 N–H and O–H groups in total. The van der Waals surface area contributed by atoms with Crippen LogP contribution in [0.25, 0.3) is 22.5 Å². The maximum absolute atomic E-state index is 12.1. The summed E-state index contributed by atoms with van der Waals surface area (Å²) in [5.74, 6) is 0.856. The highest BCUT2D eigenvalue weighted by molar-refractivity contribution is 5.77. The number of hydrogen-bond acceptors (Lipinski definition) is 9. The second kappa shape index (κ2) is 10.9. The number of carbonyl (C=O) groups excluding carboxylic acids is 1. The zero-order valence-electron chi connectivity index (χ0n) is 23.4. The van der Waals surface area contributed by atoms with Gasteiger partial charge in [-0.25, -0.2) is 19.4 Å². The first-order valence-electron chi connectivity index (χ1n) is 13.5. The highest BCUT2D eigenvalue weighted by Gasteiger charge is 2.27. The Kier molecular flexibility index (Phi) is 7.38. The first-order chi connectivity index (χ1) is 19.1.